The molecule has 0 aliphatic heterocycles. The lowest BCUT2D eigenvalue weighted by atomic mass is 10.7. The van der Waals surface area contributed by atoms with Crippen LogP contribution >= 0.6 is 0 Å². The molecule has 0 saturated heterocycles. The SMILES string of the molecule is C[n+]1cccnc1.[Br-]. The van der Waals surface area contributed by atoms with E-state index in [0.717, 1.165) is 0 Å². The highest BCUT2D eigenvalue weighted by Crippen LogP contribution is 1.64. The zero-order valence-corrected chi connectivity index (χ0v) is 6.17. The van der Waals surface area contributed by atoms with E-state index in [1.807, 2.05) is 23.9 Å². The second kappa shape index (κ2) is 3.55. The quantitative estimate of drug-likeness (QED) is 0.382. The van der Waals surface area contributed by atoms with Gasteiger partial charge in [-0.05, 0) is 0 Å². The van der Waals surface area contributed by atoms with E-state index in [1.165, 1.54) is 0 Å². The van der Waals surface area contributed by atoms with E-state index in [1.54, 1.807) is 12.5 Å². The minimum absolute atomic E-state index is 0. The Balaban J connectivity index is 0.000000490. The average Bonchev–Trinajstić information content (AvgIpc) is 1.69. The molecule has 1 heterocycles. The van der Waals surface area contributed by atoms with Crippen molar-refractivity contribution >= 4 is 0 Å². The molecule has 0 N–H and O–H groups in total. The average molecular weight is 175 g/mol. The molecular weight excluding hydrogens is 168 g/mol. The zero-order chi connectivity index (χ0) is 5.11. The molecule has 0 amide bonds. The van der Waals surface area contributed by atoms with Gasteiger partial charge in [0.25, 0.3) is 6.33 Å². The molecule has 1 aromatic rings. The van der Waals surface area contributed by atoms with Crippen molar-refractivity contribution in [1.82, 2.24) is 4.98 Å². The Bertz CT molecular complexity index is 140. The highest BCUT2D eigenvalue weighted by atomic mass is 79.9. The first-order valence-corrected chi connectivity index (χ1v) is 2.15. The molecule has 0 bridgehead atoms. The topological polar surface area (TPSA) is 16.8 Å². The van der Waals surface area contributed by atoms with Crippen LogP contribution in [-0.4, -0.2) is 4.98 Å². The third-order valence-corrected chi connectivity index (χ3v) is 0.742. The summed E-state index contributed by atoms with van der Waals surface area (Å²) in [5, 5.41) is 0. The van der Waals surface area contributed by atoms with Gasteiger partial charge in [0.05, 0.1) is 13.2 Å². The molecule has 8 heavy (non-hydrogen) atoms. The predicted molar refractivity (Wildman–Crippen MR) is 25.4 cm³/mol. The minimum atomic E-state index is 0. The van der Waals surface area contributed by atoms with Crippen LogP contribution in [0.5, 0.6) is 0 Å². The minimum Gasteiger partial charge on any atom is -1.00 e. The summed E-state index contributed by atoms with van der Waals surface area (Å²) in [7, 11) is 1.94. The maximum Gasteiger partial charge on any atom is 0.285 e. The smallest absolute Gasteiger partial charge is 0.285 e. The van der Waals surface area contributed by atoms with Crippen molar-refractivity contribution in [3.8, 4) is 0 Å². The molecule has 0 spiro atoms. The van der Waals surface area contributed by atoms with Gasteiger partial charge in [-0.3, -0.25) is 0 Å². The molecule has 1 aromatic heterocycles. The zero-order valence-electron chi connectivity index (χ0n) is 4.58. The second-order valence-electron chi connectivity index (χ2n) is 1.42. The van der Waals surface area contributed by atoms with Gasteiger partial charge in [-0.25, -0.2) is 4.57 Å². The summed E-state index contributed by atoms with van der Waals surface area (Å²) in [6.45, 7) is 0. The van der Waals surface area contributed by atoms with Gasteiger partial charge in [-0.15, -0.1) is 0 Å². The first-order chi connectivity index (χ1) is 3.39. The molecular formula is C5H7BrN2. The van der Waals surface area contributed by atoms with Gasteiger partial charge in [0.15, 0.2) is 0 Å². The van der Waals surface area contributed by atoms with Crippen LogP contribution in [0.15, 0.2) is 24.8 Å². The lowest BCUT2D eigenvalue weighted by Gasteiger charge is -1.78. The summed E-state index contributed by atoms with van der Waals surface area (Å²) in [6, 6.07) is 1.89. The number of aromatic nitrogens is 2. The highest BCUT2D eigenvalue weighted by Gasteiger charge is 1.79. The molecule has 0 aliphatic rings. The molecule has 2 nitrogen and oxygen atoms in total. The number of aryl methyl sites for hydroxylation is 1. The molecule has 0 fully saturated rings. The van der Waals surface area contributed by atoms with Crippen molar-refractivity contribution in [3.63, 3.8) is 0 Å². The summed E-state index contributed by atoms with van der Waals surface area (Å²) in [5.41, 5.74) is 0. The number of hydrogen-bond acceptors (Lipinski definition) is 1. The first kappa shape index (κ1) is 7.56. The largest absolute Gasteiger partial charge is 1.00 e. The van der Waals surface area contributed by atoms with E-state index in [2.05, 4.69) is 4.98 Å². The number of nitrogens with zero attached hydrogens (tertiary/aromatic N) is 2. The van der Waals surface area contributed by atoms with Gasteiger partial charge in [0.2, 0.25) is 0 Å². The summed E-state index contributed by atoms with van der Waals surface area (Å²) >= 11 is 0. The van der Waals surface area contributed by atoms with E-state index in [-0.39, 0.29) is 17.0 Å². The van der Waals surface area contributed by atoms with Crippen LogP contribution in [0.1, 0.15) is 0 Å². The Morgan fingerprint density at radius 3 is 2.50 bits per heavy atom. The van der Waals surface area contributed by atoms with Gasteiger partial charge in [0.1, 0.15) is 6.20 Å². The summed E-state index contributed by atoms with van der Waals surface area (Å²) in [4.78, 5) is 3.85. The fourth-order valence-electron chi connectivity index (χ4n) is 0.406. The number of hydrogen-bond donors (Lipinski definition) is 0. The van der Waals surface area contributed by atoms with Crippen LogP contribution in [0.3, 0.4) is 0 Å². The molecule has 0 radical (unpaired) electrons. The Hall–Kier alpha value is -0.440. The Morgan fingerprint density at radius 1 is 1.50 bits per heavy atom. The maximum absolute atomic E-state index is 3.85. The van der Waals surface area contributed by atoms with Gasteiger partial charge in [-0.2, -0.15) is 0 Å². The standard InChI is InChI=1S/C5H7N2.BrH/c1-7-4-2-3-6-5-7;/h2-5H,1H3;1H/q+1;/p-1. The monoisotopic (exact) mass is 174 g/mol. The summed E-state index contributed by atoms with van der Waals surface area (Å²) < 4.78 is 1.89. The molecule has 3 heteroatoms. The lowest BCUT2D eigenvalue weighted by Crippen LogP contribution is -3.00. The van der Waals surface area contributed by atoms with Crippen molar-refractivity contribution < 1.29 is 21.5 Å². The van der Waals surface area contributed by atoms with Crippen molar-refractivity contribution in [2.24, 2.45) is 7.05 Å². The Morgan fingerprint density at radius 2 is 2.25 bits per heavy atom. The van der Waals surface area contributed by atoms with Crippen LogP contribution < -0.4 is 21.5 Å². The van der Waals surface area contributed by atoms with Crippen molar-refractivity contribution in [2.75, 3.05) is 0 Å². The third kappa shape index (κ3) is 2.02. The molecule has 0 atom stereocenters. The van der Waals surface area contributed by atoms with E-state index < -0.39 is 0 Å². The van der Waals surface area contributed by atoms with E-state index in [9.17, 15) is 0 Å². The lowest BCUT2D eigenvalue weighted by molar-refractivity contribution is -0.674. The molecule has 0 saturated carbocycles. The summed E-state index contributed by atoms with van der Waals surface area (Å²) in [5.74, 6) is 0. The number of halogens is 1. The van der Waals surface area contributed by atoms with Gasteiger partial charge >= 0.3 is 0 Å². The van der Waals surface area contributed by atoms with E-state index in [0.29, 0.717) is 0 Å². The van der Waals surface area contributed by atoms with Gasteiger partial charge < -0.3 is 17.0 Å². The molecule has 0 unspecified atom stereocenters. The van der Waals surface area contributed by atoms with E-state index >= 15 is 0 Å². The fraction of sp³-hybridized carbons (Fsp3) is 0.200. The second-order valence-corrected chi connectivity index (χ2v) is 1.42. The van der Waals surface area contributed by atoms with Crippen LogP contribution in [0.25, 0.3) is 0 Å². The normalized spacial score (nSPS) is 7.62. The first-order valence-electron chi connectivity index (χ1n) is 2.15. The van der Waals surface area contributed by atoms with Gasteiger partial charge in [-0.1, -0.05) is 4.98 Å². The summed E-state index contributed by atoms with van der Waals surface area (Å²) in [6.07, 6.45) is 5.44. The van der Waals surface area contributed by atoms with Crippen molar-refractivity contribution in [3.05, 3.63) is 24.8 Å². The highest BCUT2D eigenvalue weighted by molar-refractivity contribution is 4.68. The van der Waals surface area contributed by atoms with E-state index in [4.69, 9.17) is 0 Å². The van der Waals surface area contributed by atoms with Crippen molar-refractivity contribution in [1.29, 1.82) is 0 Å². The maximum atomic E-state index is 3.85. The van der Waals surface area contributed by atoms with Crippen LogP contribution in [0.2, 0.25) is 0 Å². The third-order valence-electron chi connectivity index (χ3n) is 0.742. The van der Waals surface area contributed by atoms with Crippen molar-refractivity contribution in [2.45, 2.75) is 0 Å². The molecule has 44 valence electrons. The molecule has 0 aliphatic carbocycles. The van der Waals surface area contributed by atoms with Gasteiger partial charge in [0, 0.05) is 6.07 Å². The predicted octanol–water partition coefficient (Wildman–Crippen LogP) is -3.09. The molecule has 0 aromatic carbocycles. The number of rotatable bonds is 0. The fourth-order valence-corrected chi connectivity index (χ4v) is 0.406. The Kier molecular flexibility index (Phi) is 3.35. The van der Waals surface area contributed by atoms with Crippen LogP contribution in [-0.2, 0) is 7.05 Å². The molecule has 1 rings (SSSR count). The Labute approximate surface area is 59.0 Å². The van der Waals surface area contributed by atoms with Crippen LogP contribution in [0.4, 0.5) is 0 Å². The van der Waals surface area contributed by atoms with Crippen LogP contribution in [0, 0.1) is 0 Å².